The van der Waals surface area contributed by atoms with E-state index in [1.165, 1.54) is 29.4 Å². The summed E-state index contributed by atoms with van der Waals surface area (Å²) in [6.07, 6.45) is 0.260. The van der Waals surface area contributed by atoms with Crippen molar-refractivity contribution in [2.45, 2.75) is 30.1 Å². The molecule has 1 heterocycles. The molecular weight excluding hydrogens is 366 g/mol. The Hall–Kier alpha value is -2.51. The summed E-state index contributed by atoms with van der Waals surface area (Å²) in [5.41, 5.74) is -0.254. The van der Waals surface area contributed by atoms with Gasteiger partial charge in [0, 0.05) is 24.1 Å². The molecule has 0 amide bonds. The molecule has 1 aliphatic heterocycles. The van der Waals surface area contributed by atoms with Crippen LogP contribution in [0.5, 0.6) is 0 Å². The molecule has 2 aromatic carbocycles. The number of sulfonamides is 1. The molecule has 7 heteroatoms. The topological polar surface area (TPSA) is 94.6 Å². The zero-order valence-corrected chi connectivity index (χ0v) is 15.7. The lowest BCUT2D eigenvalue weighted by Crippen LogP contribution is -2.53. The van der Waals surface area contributed by atoms with Gasteiger partial charge in [0.25, 0.3) is 0 Å². The minimum atomic E-state index is -3.81. The summed E-state index contributed by atoms with van der Waals surface area (Å²) in [6, 6.07) is 14.7. The number of benzene rings is 2. The van der Waals surface area contributed by atoms with Gasteiger partial charge in [0.1, 0.15) is 0 Å². The number of nitrogens with zero attached hydrogens (tertiary/aromatic N) is 1. The van der Waals surface area contributed by atoms with E-state index < -0.39 is 21.4 Å². The molecule has 2 aromatic rings. The van der Waals surface area contributed by atoms with Crippen molar-refractivity contribution in [3.8, 4) is 0 Å². The van der Waals surface area contributed by atoms with Crippen LogP contribution in [-0.2, 0) is 20.2 Å². The summed E-state index contributed by atoms with van der Waals surface area (Å²) < 4.78 is 27.1. The number of hydrogen-bond acceptors (Lipinski definition) is 5. The Morgan fingerprint density at radius 2 is 1.63 bits per heavy atom. The maximum absolute atomic E-state index is 12.9. The van der Waals surface area contributed by atoms with E-state index >= 15 is 0 Å². The van der Waals surface area contributed by atoms with Crippen molar-refractivity contribution >= 4 is 21.8 Å². The number of carbonyl (C=O) groups is 2. The van der Waals surface area contributed by atoms with E-state index in [1.54, 1.807) is 36.4 Å². The van der Waals surface area contributed by atoms with E-state index in [2.05, 4.69) is 0 Å². The average molecular weight is 386 g/mol. The Bertz CT molecular complexity index is 961. The SMILES string of the molecule is CC(=O)c1cccc(S(=O)(=O)N2CCC(C(=O)[O-])(c3ccccc3)CC2)c1. The van der Waals surface area contributed by atoms with E-state index in [4.69, 9.17) is 0 Å². The largest absolute Gasteiger partial charge is 0.549 e. The van der Waals surface area contributed by atoms with Crippen molar-refractivity contribution in [1.82, 2.24) is 4.31 Å². The molecule has 1 aliphatic rings. The standard InChI is InChI=1S/C20H21NO5S/c1-15(22)16-6-5-9-18(14-16)27(25,26)21-12-10-20(11-13-21,19(23)24)17-7-3-2-4-8-17/h2-9,14H,10-13H2,1H3,(H,23,24)/p-1. The lowest BCUT2D eigenvalue weighted by Gasteiger charge is -2.42. The summed E-state index contributed by atoms with van der Waals surface area (Å²) >= 11 is 0. The van der Waals surface area contributed by atoms with Crippen LogP contribution in [-0.4, -0.2) is 37.6 Å². The maximum atomic E-state index is 12.9. The van der Waals surface area contributed by atoms with Gasteiger partial charge in [-0.2, -0.15) is 4.31 Å². The van der Waals surface area contributed by atoms with Crippen LogP contribution in [0.2, 0.25) is 0 Å². The predicted molar refractivity (Wildman–Crippen MR) is 97.6 cm³/mol. The number of carboxylic acids is 1. The normalized spacial score (nSPS) is 17.4. The number of hydrogen-bond donors (Lipinski definition) is 0. The molecule has 0 N–H and O–H groups in total. The second-order valence-electron chi connectivity index (χ2n) is 6.72. The van der Waals surface area contributed by atoms with Gasteiger partial charge >= 0.3 is 0 Å². The number of piperidine rings is 1. The smallest absolute Gasteiger partial charge is 0.243 e. The summed E-state index contributed by atoms with van der Waals surface area (Å²) in [5, 5.41) is 11.9. The zero-order valence-electron chi connectivity index (χ0n) is 14.9. The molecule has 0 radical (unpaired) electrons. The Labute approximate surface area is 158 Å². The second-order valence-corrected chi connectivity index (χ2v) is 8.66. The first-order valence-electron chi connectivity index (χ1n) is 8.65. The summed E-state index contributed by atoms with van der Waals surface area (Å²) in [5.74, 6) is -1.41. The lowest BCUT2D eigenvalue weighted by molar-refractivity contribution is -0.315. The van der Waals surface area contributed by atoms with Gasteiger partial charge in [0.15, 0.2) is 5.78 Å². The molecule has 142 valence electrons. The summed E-state index contributed by atoms with van der Waals surface area (Å²) in [6.45, 7) is 1.51. The lowest BCUT2D eigenvalue weighted by atomic mass is 9.73. The van der Waals surface area contributed by atoms with Crippen molar-refractivity contribution in [2.75, 3.05) is 13.1 Å². The third-order valence-corrected chi connectivity index (χ3v) is 7.07. The van der Waals surface area contributed by atoms with Gasteiger partial charge in [-0.3, -0.25) is 4.79 Å². The van der Waals surface area contributed by atoms with Crippen LogP contribution < -0.4 is 5.11 Å². The van der Waals surface area contributed by atoms with Crippen LogP contribution in [0.1, 0.15) is 35.7 Å². The Kier molecular flexibility index (Phi) is 5.17. The summed E-state index contributed by atoms with van der Waals surface area (Å²) in [7, 11) is -3.81. The molecule has 1 saturated heterocycles. The molecule has 3 rings (SSSR count). The molecule has 0 bridgehead atoms. The Balaban J connectivity index is 1.87. The first-order chi connectivity index (χ1) is 12.8. The van der Waals surface area contributed by atoms with E-state index in [1.807, 2.05) is 0 Å². The van der Waals surface area contributed by atoms with Crippen LogP contribution in [0, 0.1) is 0 Å². The van der Waals surface area contributed by atoms with Gasteiger partial charge < -0.3 is 9.90 Å². The first-order valence-corrected chi connectivity index (χ1v) is 10.1. The highest BCUT2D eigenvalue weighted by atomic mass is 32.2. The molecular formula is C20H20NO5S-. The molecule has 0 saturated carbocycles. The third kappa shape index (κ3) is 3.52. The third-order valence-electron chi connectivity index (χ3n) is 5.17. The molecule has 0 aliphatic carbocycles. The highest BCUT2D eigenvalue weighted by Crippen LogP contribution is 2.36. The van der Waals surface area contributed by atoms with Gasteiger partial charge in [-0.1, -0.05) is 42.5 Å². The van der Waals surface area contributed by atoms with Gasteiger partial charge in [-0.25, -0.2) is 8.42 Å². The van der Waals surface area contributed by atoms with E-state index in [-0.39, 0.29) is 36.6 Å². The highest BCUT2D eigenvalue weighted by Gasteiger charge is 2.40. The fourth-order valence-electron chi connectivity index (χ4n) is 3.50. The van der Waals surface area contributed by atoms with E-state index in [0.29, 0.717) is 11.1 Å². The van der Waals surface area contributed by atoms with Gasteiger partial charge in [0.05, 0.1) is 10.9 Å². The van der Waals surface area contributed by atoms with E-state index in [9.17, 15) is 23.1 Å². The monoisotopic (exact) mass is 386 g/mol. The molecule has 0 spiro atoms. The maximum Gasteiger partial charge on any atom is 0.243 e. The Morgan fingerprint density at radius 1 is 1.00 bits per heavy atom. The van der Waals surface area contributed by atoms with Crippen LogP contribution in [0.4, 0.5) is 0 Å². The Morgan fingerprint density at radius 3 is 2.19 bits per heavy atom. The molecule has 1 fully saturated rings. The first kappa shape index (κ1) is 19.3. The number of carboxylic acid groups (broad SMARTS) is 1. The minimum Gasteiger partial charge on any atom is -0.549 e. The fraction of sp³-hybridized carbons (Fsp3) is 0.300. The summed E-state index contributed by atoms with van der Waals surface area (Å²) in [4.78, 5) is 23.5. The van der Waals surface area contributed by atoms with Crippen LogP contribution in [0.3, 0.4) is 0 Å². The zero-order chi connectivity index (χ0) is 19.7. The van der Waals surface area contributed by atoms with E-state index in [0.717, 1.165) is 0 Å². The molecule has 6 nitrogen and oxygen atoms in total. The molecule has 27 heavy (non-hydrogen) atoms. The van der Waals surface area contributed by atoms with Crippen molar-refractivity contribution in [3.05, 3.63) is 65.7 Å². The quantitative estimate of drug-likeness (QED) is 0.723. The van der Waals surface area contributed by atoms with Crippen LogP contribution in [0.15, 0.2) is 59.5 Å². The number of rotatable bonds is 5. The van der Waals surface area contributed by atoms with Crippen molar-refractivity contribution in [2.24, 2.45) is 0 Å². The second kappa shape index (κ2) is 7.25. The number of Topliss-reactive ketones (excluding diaryl/α,β-unsaturated/α-hetero) is 1. The minimum absolute atomic E-state index is 0.0378. The highest BCUT2D eigenvalue weighted by molar-refractivity contribution is 7.89. The number of aliphatic carboxylic acids is 1. The molecule has 0 atom stereocenters. The average Bonchev–Trinajstić information content (AvgIpc) is 2.68. The van der Waals surface area contributed by atoms with Crippen LogP contribution >= 0.6 is 0 Å². The predicted octanol–water partition coefficient (Wildman–Crippen LogP) is 1.36. The number of carbonyl (C=O) groups excluding carboxylic acids is 2. The molecule has 0 unspecified atom stereocenters. The fourth-order valence-corrected chi connectivity index (χ4v) is 4.99. The van der Waals surface area contributed by atoms with Gasteiger partial charge in [-0.15, -0.1) is 0 Å². The van der Waals surface area contributed by atoms with Gasteiger partial charge in [-0.05, 0) is 37.5 Å². The van der Waals surface area contributed by atoms with Gasteiger partial charge in [0.2, 0.25) is 10.0 Å². The number of ketones is 1. The van der Waals surface area contributed by atoms with Crippen LogP contribution in [0.25, 0.3) is 0 Å². The van der Waals surface area contributed by atoms with Crippen molar-refractivity contribution in [3.63, 3.8) is 0 Å². The molecule has 0 aromatic heterocycles. The van der Waals surface area contributed by atoms with Crippen molar-refractivity contribution in [1.29, 1.82) is 0 Å². The van der Waals surface area contributed by atoms with Crippen molar-refractivity contribution < 1.29 is 23.1 Å².